The molecule has 0 saturated carbocycles. The van der Waals surface area contributed by atoms with Crippen molar-refractivity contribution in [1.29, 1.82) is 0 Å². The van der Waals surface area contributed by atoms with E-state index in [4.69, 9.17) is 5.73 Å². The largest absolute Gasteiger partial charge is 0.368 e. The van der Waals surface area contributed by atoms with Crippen molar-refractivity contribution in [3.63, 3.8) is 0 Å². The second-order valence-electron chi connectivity index (χ2n) is 3.73. The maximum absolute atomic E-state index is 11.6. The van der Waals surface area contributed by atoms with Crippen LogP contribution < -0.4 is 11.1 Å². The van der Waals surface area contributed by atoms with E-state index in [1.54, 1.807) is 20.8 Å². The van der Waals surface area contributed by atoms with Gasteiger partial charge in [-0.1, -0.05) is 19.0 Å². The molecule has 0 radical (unpaired) electrons. The van der Waals surface area contributed by atoms with Crippen molar-refractivity contribution < 1.29 is 14.1 Å². The molecule has 1 atom stereocenters. The summed E-state index contributed by atoms with van der Waals surface area (Å²) in [6.07, 6.45) is 0. The van der Waals surface area contributed by atoms with Gasteiger partial charge in [-0.2, -0.15) is 4.98 Å². The summed E-state index contributed by atoms with van der Waals surface area (Å²) in [6, 6.07) is -0.744. The zero-order valence-corrected chi connectivity index (χ0v) is 9.35. The smallest absolute Gasteiger partial charge is 0.293 e. The van der Waals surface area contributed by atoms with E-state index >= 15 is 0 Å². The van der Waals surface area contributed by atoms with Gasteiger partial charge in [-0.3, -0.25) is 9.59 Å². The molecule has 2 amide bonds. The average molecular weight is 226 g/mol. The van der Waals surface area contributed by atoms with E-state index in [-0.39, 0.29) is 17.6 Å². The minimum absolute atomic E-state index is 0.102. The van der Waals surface area contributed by atoms with E-state index in [2.05, 4.69) is 20.0 Å². The van der Waals surface area contributed by atoms with Crippen molar-refractivity contribution in [3.8, 4) is 0 Å². The van der Waals surface area contributed by atoms with E-state index in [1.165, 1.54) is 0 Å². The van der Waals surface area contributed by atoms with Crippen LogP contribution in [-0.2, 0) is 4.79 Å². The number of amides is 2. The van der Waals surface area contributed by atoms with Crippen LogP contribution in [0.15, 0.2) is 4.52 Å². The number of nitrogens with one attached hydrogen (secondary N) is 1. The summed E-state index contributed by atoms with van der Waals surface area (Å²) < 4.78 is 4.65. The average Bonchev–Trinajstić information content (AvgIpc) is 2.59. The van der Waals surface area contributed by atoms with Gasteiger partial charge in [0.15, 0.2) is 0 Å². The number of nitrogens with two attached hydrogens (primary N) is 1. The highest BCUT2D eigenvalue weighted by Gasteiger charge is 2.24. The van der Waals surface area contributed by atoms with Gasteiger partial charge in [-0.05, 0) is 5.92 Å². The van der Waals surface area contributed by atoms with Crippen LogP contribution in [0.3, 0.4) is 0 Å². The molecule has 0 aliphatic rings. The molecule has 1 heterocycles. The van der Waals surface area contributed by atoms with Crippen LogP contribution in [-0.4, -0.2) is 28.0 Å². The minimum atomic E-state index is -0.744. The van der Waals surface area contributed by atoms with Gasteiger partial charge < -0.3 is 15.6 Å². The van der Waals surface area contributed by atoms with Gasteiger partial charge in [0.1, 0.15) is 6.04 Å². The highest BCUT2D eigenvalue weighted by atomic mass is 16.5. The molecular formula is C9H14N4O3. The van der Waals surface area contributed by atoms with Crippen LogP contribution >= 0.6 is 0 Å². The number of aromatic nitrogens is 2. The zero-order chi connectivity index (χ0) is 12.3. The van der Waals surface area contributed by atoms with Gasteiger partial charge in [-0.25, -0.2) is 0 Å². The molecule has 3 N–H and O–H groups in total. The fourth-order valence-electron chi connectivity index (χ4n) is 1.16. The Balaban J connectivity index is 2.73. The van der Waals surface area contributed by atoms with Gasteiger partial charge in [-0.15, -0.1) is 0 Å². The van der Waals surface area contributed by atoms with Crippen LogP contribution in [0.2, 0.25) is 0 Å². The van der Waals surface area contributed by atoms with Gasteiger partial charge >= 0.3 is 0 Å². The first-order chi connectivity index (χ1) is 7.41. The molecule has 1 aromatic rings. The van der Waals surface area contributed by atoms with E-state index in [1.807, 2.05) is 0 Å². The first-order valence-electron chi connectivity index (χ1n) is 4.82. The third kappa shape index (κ3) is 2.78. The summed E-state index contributed by atoms with van der Waals surface area (Å²) in [5, 5.41) is 5.88. The molecule has 0 aromatic carbocycles. The standard InChI is InChI=1S/C9H14N4O3/c1-4(2)6(7(10)14)12-9(15)8-11-5(3)16-13-8/h4,6H,1-3H3,(H2,10,14)(H,12,15)/t6-/m0/s1. The molecule has 0 fully saturated rings. The quantitative estimate of drug-likeness (QED) is 0.726. The van der Waals surface area contributed by atoms with E-state index in [9.17, 15) is 9.59 Å². The Hall–Kier alpha value is -1.92. The lowest BCUT2D eigenvalue weighted by Gasteiger charge is -2.17. The van der Waals surface area contributed by atoms with Gasteiger partial charge in [0.25, 0.3) is 11.7 Å². The van der Waals surface area contributed by atoms with E-state index in [0.29, 0.717) is 0 Å². The Morgan fingerprint density at radius 1 is 1.44 bits per heavy atom. The second kappa shape index (κ2) is 4.73. The van der Waals surface area contributed by atoms with Gasteiger partial charge in [0, 0.05) is 6.92 Å². The maximum atomic E-state index is 11.6. The molecule has 1 aromatic heterocycles. The first kappa shape index (κ1) is 12.2. The molecule has 88 valence electrons. The predicted molar refractivity (Wildman–Crippen MR) is 54.3 cm³/mol. The number of rotatable bonds is 4. The minimum Gasteiger partial charge on any atom is -0.368 e. The summed E-state index contributed by atoms with van der Waals surface area (Å²) in [6.45, 7) is 5.12. The lowest BCUT2D eigenvalue weighted by Crippen LogP contribution is -2.47. The predicted octanol–water partition coefficient (Wildman–Crippen LogP) is -0.382. The van der Waals surface area contributed by atoms with Crippen molar-refractivity contribution in [1.82, 2.24) is 15.5 Å². The summed E-state index contributed by atoms with van der Waals surface area (Å²) >= 11 is 0. The summed E-state index contributed by atoms with van der Waals surface area (Å²) in [5.41, 5.74) is 5.15. The number of carbonyl (C=O) groups excluding carboxylic acids is 2. The second-order valence-corrected chi connectivity index (χ2v) is 3.73. The van der Waals surface area contributed by atoms with Gasteiger partial charge in [0.05, 0.1) is 0 Å². The maximum Gasteiger partial charge on any atom is 0.293 e. The Bertz CT molecular complexity index is 399. The van der Waals surface area contributed by atoms with Crippen molar-refractivity contribution in [2.24, 2.45) is 11.7 Å². The molecular weight excluding hydrogens is 212 g/mol. The highest BCUT2D eigenvalue weighted by molar-refractivity contribution is 5.94. The van der Waals surface area contributed by atoms with Crippen LogP contribution in [0.4, 0.5) is 0 Å². The third-order valence-corrected chi connectivity index (χ3v) is 1.99. The number of primary amides is 1. The van der Waals surface area contributed by atoms with Crippen molar-refractivity contribution in [3.05, 3.63) is 11.7 Å². The number of hydrogen-bond acceptors (Lipinski definition) is 5. The Morgan fingerprint density at radius 2 is 2.06 bits per heavy atom. The fraction of sp³-hybridized carbons (Fsp3) is 0.556. The normalized spacial score (nSPS) is 12.5. The molecule has 0 aliphatic heterocycles. The number of nitrogens with zero attached hydrogens (tertiary/aromatic N) is 2. The van der Waals surface area contributed by atoms with E-state index in [0.717, 1.165) is 0 Å². The summed E-state index contributed by atoms with van der Waals surface area (Å²) in [7, 11) is 0. The van der Waals surface area contributed by atoms with Crippen molar-refractivity contribution >= 4 is 11.8 Å². The Morgan fingerprint density at radius 3 is 2.44 bits per heavy atom. The third-order valence-electron chi connectivity index (χ3n) is 1.99. The molecule has 0 spiro atoms. The SMILES string of the molecule is Cc1nc(C(=O)N[C@H](C(N)=O)C(C)C)no1. The number of carbonyl (C=O) groups is 2. The van der Waals surface area contributed by atoms with Crippen LogP contribution in [0.5, 0.6) is 0 Å². The van der Waals surface area contributed by atoms with E-state index < -0.39 is 17.9 Å². The first-order valence-corrected chi connectivity index (χ1v) is 4.82. The highest BCUT2D eigenvalue weighted by Crippen LogP contribution is 2.02. The number of hydrogen-bond donors (Lipinski definition) is 2. The van der Waals surface area contributed by atoms with Crippen molar-refractivity contribution in [2.45, 2.75) is 26.8 Å². The molecule has 0 aliphatic carbocycles. The van der Waals surface area contributed by atoms with Crippen LogP contribution in [0.1, 0.15) is 30.4 Å². The molecule has 16 heavy (non-hydrogen) atoms. The molecule has 0 bridgehead atoms. The zero-order valence-electron chi connectivity index (χ0n) is 9.35. The summed E-state index contributed by atoms with van der Waals surface area (Å²) in [5.74, 6) is -1.10. The number of aryl methyl sites for hydroxylation is 1. The Labute approximate surface area is 92.4 Å². The molecule has 0 unspecified atom stereocenters. The van der Waals surface area contributed by atoms with Crippen LogP contribution in [0, 0.1) is 12.8 Å². The van der Waals surface area contributed by atoms with Crippen LogP contribution in [0.25, 0.3) is 0 Å². The molecule has 7 heteroatoms. The fourth-order valence-corrected chi connectivity index (χ4v) is 1.16. The van der Waals surface area contributed by atoms with Crippen molar-refractivity contribution in [2.75, 3.05) is 0 Å². The molecule has 7 nitrogen and oxygen atoms in total. The lowest BCUT2D eigenvalue weighted by atomic mass is 10.0. The lowest BCUT2D eigenvalue weighted by molar-refractivity contribution is -0.120. The summed E-state index contributed by atoms with van der Waals surface area (Å²) in [4.78, 5) is 26.4. The monoisotopic (exact) mass is 226 g/mol. The Kier molecular flexibility index (Phi) is 3.60. The van der Waals surface area contributed by atoms with Gasteiger partial charge in [0.2, 0.25) is 11.8 Å². The topological polar surface area (TPSA) is 111 Å². The molecule has 0 saturated heterocycles. The molecule has 1 rings (SSSR count).